The van der Waals surface area contributed by atoms with Gasteiger partial charge >= 0.3 is 0 Å². The number of hydrogen-bond donors (Lipinski definition) is 0. The summed E-state index contributed by atoms with van der Waals surface area (Å²) >= 11 is 3.40. The van der Waals surface area contributed by atoms with Crippen molar-refractivity contribution in [2.24, 2.45) is 0 Å². The highest BCUT2D eigenvalue weighted by Crippen LogP contribution is 2.34. The minimum Gasteiger partial charge on any atom is -0.491 e. The van der Waals surface area contributed by atoms with Gasteiger partial charge in [-0.1, -0.05) is 6.07 Å². The van der Waals surface area contributed by atoms with Gasteiger partial charge < -0.3 is 14.2 Å². The summed E-state index contributed by atoms with van der Waals surface area (Å²) in [5, 5.41) is 0. The first kappa shape index (κ1) is 27.9. The normalized spacial score (nSPS) is 11.0. The maximum atomic E-state index is 15.1. The van der Waals surface area contributed by atoms with Crippen molar-refractivity contribution in [2.45, 2.75) is 13.3 Å². The predicted molar refractivity (Wildman–Crippen MR) is 152 cm³/mol. The van der Waals surface area contributed by atoms with Crippen molar-refractivity contribution in [3.63, 3.8) is 0 Å². The van der Waals surface area contributed by atoms with Gasteiger partial charge in [0, 0.05) is 40.6 Å². The third-order valence-electron chi connectivity index (χ3n) is 6.37. The lowest BCUT2D eigenvalue weighted by molar-refractivity contribution is 0.0991. The van der Waals surface area contributed by atoms with Crippen molar-refractivity contribution in [2.75, 3.05) is 14.2 Å². The Labute approximate surface area is 241 Å². The van der Waals surface area contributed by atoms with Gasteiger partial charge in [0.25, 0.3) is 11.4 Å². The van der Waals surface area contributed by atoms with E-state index in [1.165, 1.54) is 67.4 Å². The molecule has 5 rings (SSSR count). The van der Waals surface area contributed by atoms with Gasteiger partial charge in [0.1, 0.15) is 11.3 Å². The third-order valence-corrected chi connectivity index (χ3v) is 7.18. The maximum Gasteiger partial charge on any atom is 0.266 e. The van der Waals surface area contributed by atoms with Crippen molar-refractivity contribution in [1.29, 1.82) is 0 Å². The largest absolute Gasteiger partial charge is 0.491 e. The van der Waals surface area contributed by atoms with Crippen LogP contribution in [0.25, 0.3) is 16.7 Å². The Bertz CT molecular complexity index is 1860. The molecule has 0 saturated carbocycles. The summed E-state index contributed by atoms with van der Waals surface area (Å²) in [7, 11) is 2.92. The van der Waals surface area contributed by atoms with E-state index in [-0.39, 0.29) is 29.4 Å². The van der Waals surface area contributed by atoms with Crippen LogP contribution in [-0.4, -0.2) is 34.5 Å². The van der Waals surface area contributed by atoms with Crippen LogP contribution in [0, 0.1) is 18.6 Å². The predicted octanol–water partition coefficient (Wildman–Crippen LogP) is 6.36. The summed E-state index contributed by atoms with van der Waals surface area (Å²) in [5.74, 6) is -0.928. The molecule has 5 aromatic rings. The van der Waals surface area contributed by atoms with Crippen molar-refractivity contribution >= 4 is 32.7 Å². The van der Waals surface area contributed by atoms with Crippen LogP contribution < -0.4 is 19.8 Å². The quantitative estimate of drug-likeness (QED) is 0.186. The first-order valence-corrected chi connectivity index (χ1v) is 13.0. The van der Waals surface area contributed by atoms with E-state index in [0.717, 1.165) is 0 Å². The molecule has 208 valence electrons. The topological polar surface area (TPSA) is 92.5 Å². The number of hydrogen-bond acceptors (Lipinski definition) is 7. The molecular formula is C30H22BrF2N3O5. The number of rotatable bonds is 8. The number of benzene rings is 2. The number of Topliss-reactive ketones (excluding diaryl/α,β-unsaturated/α-hetero) is 1. The van der Waals surface area contributed by atoms with Crippen LogP contribution in [0.15, 0.2) is 76.1 Å². The first-order chi connectivity index (χ1) is 19.7. The molecular weight excluding hydrogens is 600 g/mol. The average molecular weight is 622 g/mol. The number of carbonyl (C=O) groups excluding carboxylic acids is 1. The van der Waals surface area contributed by atoms with Crippen LogP contribution in [0.3, 0.4) is 0 Å². The lowest BCUT2D eigenvalue weighted by Crippen LogP contribution is -2.28. The molecule has 3 heterocycles. The molecule has 41 heavy (non-hydrogen) atoms. The molecule has 0 radical (unpaired) electrons. The monoisotopic (exact) mass is 621 g/mol. The van der Waals surface area contributed by atoms with Crippen LogP contribution in [0.5, 0.6) is 23.1 Å². The number of pyridine rings is 3. The molecule has 0 amide bonds. The van der Waals surface area contributed by atoms with Gasteiger partial charge in [-0.3, -0.25) is 19.1 Å². The summed E-state index contributed by atoms with van der Waals surface area (Å²) in [6, 6.07) is 14.1. The Hall–Kier alpha value is -4.64. The second kappa shape index (κ2) is 11.5. The fourth-order valence-electron chi connectivity index (χ4n) is 4.30. The molecule has 0 unspecified atom stereocenters. The van der Waals surface area contributed by atoms with Gasteiger partial charge in [-0.2, -0.15) is 0 Å². The second-order valence-electron chi connectivity index (χ2n) is 8.95. The van der Waals surface area contributed by atoms with Gasteiger partial charge in [0.15, 0.2) is 28.8 Å². The Balaban J connectivity index is 1.42. The van der Waals surface area contributed by atoms with Crippen LogP contribution in [0.1, 0.15) is 21.6 Å². The highest BCUT2D eigenvalue weighted by Gasteiger charge is 2.20. The summed E-state index contributed by atoms with van der Waals surface area (Å²) in [6.45, 7) is 1.70. The summed E-state index contributed by atoms with van der Waals surface area (Å²) in [5.41, 5.74) is 1.43. The number of fused-ring (bicyclic) bond motifs is 1. The van der Waals surface area contributed by atoms with E-state index in [4.69, 9.17) is 14.2 Å². The van der Waals surface area contributed by atoms with E-state index >= 15 is 4.39 Å². The number of ether oxygens (including phenoxy) is 3. The van der Waals surface area contributed by atoms with Crippen LogP contribution in [-0.2, 0) is 6.42 Å². The molecule has 0 bridgehead atoms. The molecule has 8 nitrogen and oxygen atoms in total. The molecule has 2 aromatic carbocycles. The molecule has 0 N–H and O–H groups in total. The summed E-state index contributed by atoms with van der Waals surface area (Å²) in [4.78, 5) is 35.1. The fourth-order valence-corrected chi connectivity index (χ4v) is 4.70. The molecule has 3 aromatic heterocycles. The van der Waals surface area contributed by atoms with Gasteiger partial charge in [0.2, 0.25) is 0 Å². The van der Waals surface area contributed by atoms with Gasteiger partial charge in [0.05, 0.1) is 25.3 Å². The van der Waals surface area contributed by atoms with Crippen molar-refractivity contribution < 1.29 is 27.8 Å². The van der Waals surface area contributed by atoms with Crippen LogP contribution in [0.2, 0.25) is 0 Å². The summed E-state index contributed by atoms with van der Waals surface area (Å²) in [6.07, 6.45) is 1.26. The standard InChI is InChI=1S/C30H22BrF2N3O5/c1-16-21(31)14-20(30(38)36(16)19-7-5-18(32)6-8-19)24(37)13-17-4-9-25(22(33)12-17)41-26-10-11-34-23-15-27(39-2)29(40-3)35-28(23)26/h4-12,14-15H,13H2,1-3H3. The maximum absolute atomic E-state index is 15.1. The second-order valence-corrected chi connectivity index (χ2v) is 9.81. The third kappa shape index (κ3) is 5.53. The Morgan fingerprint density at radius 1 is 0.951 bits per heavy atom. The Morgan fingerprint density at radius 2 is 1.71 bits per heavy atom. The molecule has 0 aliphatic heterocycles. The zero-order valence-electron chi connectivity index (χ0n) is 22.1. The fraction of sp³-hybridized carbons (Fsp3) is 0.133. The molecule has 0 aliphatic rings. The zero-order valence-corrected chi connectivity index (χ0v) is 23.7. The van der Waals surface area contributed by atoms with Gasteiger partial charge in [-0.25, -0.2) is 13.8 Å². The lowest BCUT2D eigenvalue weighted by atomic mass is 10.0. The molecule has 11 heteroatoms. The average Bonchev–Trinajstić information content (AvgIpc) is 2.96. The minimum atomic E-state index is -0.713. The number of ketones is 1. The molecule has 0 spiro atoms. The minimum absolute atomic E-state index is 0.0914. The highest BCUT2D eigenvalue weighted by atomic mass is 79.9. The van der Waals surface area contributed by atoms with Crippen molar-refractivity contribution in [3.05, 3.63) is 110 Å². The first-order valence-electron chi connectivity index (χ1n) is 12.3. The Kier molecular flexibility index (Phi) is 7.80. The van der Waals surface area contributed by atoms with Crippen molar-refractivity contribution in [1.82, 2.24) is 14.5 Å². The van der Waals surface area contributed by atoms with Crippen LogP contribution >= 0.6 is 15.9 Å². The van der Waals surface area contributed by atoms with E-state index in [1.807, 2.05) is 0 Å². The number of aromatic nitrogens is 3. The Morgan fingerprint density at radius 3 is 2.39 bits per heavy atom. The van der Waals surface area contributed by atoms with Crippen molar-refractivity contribution in [3.8, 4) is 28.8 Å². The number of methoxy groups -OCH3 is 2. The lowest BCUT2D eigenvalue weighted by Gasteiger charge is -2.14. The molecule has 0 saturated heterocycles. The smallest absolute Gasteiger partial charge is 0.266 e. The van der Waals surface area contributed by atoms with Gasteiger partial charge in [-0.05, 0) is 70.9 Å². The van der Waals surface area contributed by atoms with E-state index < -0.39 is 23.0 Å². The molecule has 0 aliphatic carbocycles. The summed E-state index contributed by atoms with van der Waals surface area (Å²) < 4.78 is 46.8. The number of nitrogens with zero attached hydrogens (tertiary/aromatic N) is 3. The zero-order chi connectivity index (χ0) is 29.3. The SMILES string of the molecule is COc1cc2nccc(Oc3ccc(CC(=O)c4cc(Br)c(C)n(-c5ccc(F)cc5)c4=O)cc3F)c2nc1OC. The molecule has 0 atom stereocenters. The van der Waals surface area contributed by atoms with E-state index in [2.05, 4.69) is 25.9 Å². The van der Waals surface area contributed by atoms with E-state index in [9.17, 15) is 14.0 Å². The van der Waals surface area contributed by atoms with E-state index in [1.54, 1.807) is 25.1 Å². The van der Waals surface area contributed by atoms with Crippen LogP contribution in [0.4, 0.5) is 8.78 Å². The number of halogens is 3. The number of carbonyl (C=O) groups is 1. The van der Waals surface area contributed by atoms with E-state index in [0.29, 0.717) is 38.2 Å². The molecule has 0 fully saturated rings. The van der Waals surface area contributed by atoms with Gasteiger partial charge in [-0.15, -0.1) is 0 Å². The highest BCUT2D eigenvalue weighted by molar-refractivity contribution is 9.10.